The molecule has 258 valence electrons. The number of benzene rings is 5. The first-order valence-electron chi connectivity index (χ1n) is 15.7. The summed E-state index contributed by atoms with van der Waals surface area (Å²) in [6, 6.07) is 36.0. The minimum absolute atomic E-state index is 0.0919. The highest BCUT2D eigenvalue weighted by molar-refractivity contribution is 8.00. The van der Waals surface area contributed by atoms with Crippen LogP contribution in [0.4, 0.5) is 20.9 Å². The molecule has 1 aromatic heterocycles. The van der Waals surface area contributed by atoms with E-state index >= 15 is 0 Å². The Kier molecular flexibility index (Phi) is 11.2. The lowest BCUT2D eigenvalue weighted by atomic mass is 10.1. The zero-order chi connectivity index (χ0) is 36.5. The summed E-state index contributed by atoms with van der Waals surface area (Å²) >= 11 is 2.52. The van der Waals surface area contributed by atoms with Gasteiger partial charge in [-0.2, -0.15) is 0 Å². The molecule has 0 saturated carbocycles. The zero-order valence-corrected chi connectivity index (χ0v) is 28.7. The summed E-state index contributed by atoms with van der Waals surface area (Å²) in [6.07, 6.45) is 1.42. The molecule has 0 bridgehead atoms. The monoisotopic (exact) mass is 729 g/mol. The molecule has 0 radical (unpaired) electrons. The SMILES string of the molecule is O=C(Nc1cccc(SC(C(=O)Nc2nc(-c3ccc(F)cc3)cs2)c2ccccc2)c1)/C(=C\c1ccc([N+](=O)[O-])cc1)NC(=O)c1ccccc1. The van der Waals surface area contributed by atoms with Gasteiger partial charge >= 0.3 is 0 Å². The van der Waals surface area contributed by atoms with E-state index in [-0.39, 0.29) is 23.1 Å². The first-order chi connectivity index (χ1) is 25.2. The number of nitro groups is 1. The summed E-state index contributed by atoms with van der Waals surface area (Å²) in [6.45, 7) is 0. The molecule has 0 saturated heterocycles. The molecule has 1 heterocycles. The Labute approximate surface area is 305 Å². The van der Waals surface area contributed by atoms with Gasteiger partial charge in [0, 0.05) is 39.2 Å². The fraction of sp³-hybridized carbons (Fsp3) is 0.0256. The molecule has 6 rings (SSSR count). The van der Waals surface area contributed by atoms with Crippen LogP contribution in [0.2, 0.25) is 0 Å². The summed E-state index contributed by atoms with van der Waals surface area (Å²) in [5.41, 5.74) is 3.04. The molecule has 0 fully saturated rings. The summed E-state index contributed by atoms with van der Waals surface area (Å²) in [5, 5.41) is 21.0. The lowest BCUT2D eigenvalue weighted by Gasteiger charge is -2.17. The van der Waals surface area contributed by atoms with Crippen LogP contribution in [0.5, 0.6) is 0 Å². The fourth-order valence-corrected chi connectivity index (χ4v) is 6.75. The van der Waals surface area contributed by atoms with Crippen molar-refractivity contribution >= 4 is 63.4 Å². The maximum absolute atomic E-state index is 13.7. The van der Waals surface area contributed by atoms with Gasteiger partial charge in [-0.25, -0.2) is 9.37 Å². The van der Waals surface area contributed by atoms with Crippen molar-refractivity contribution in [1.82, 2.24) is 10.3 Å². The molecule has 10 nitrogen and oxygen atoms in total. The first kappa shape index (κ1) is 35.4. The van der Waals surface area contributed by atoms with Crippen LogP contribution in [0.15, 0.2) is 149 Å². The van der Waals surface area contributed by atoms with E-state index in [0.29, 0.717) is 32.5 Å². The van der Waals surface area contributed by atoms with E-state index < -0.39 is 22.0 Å². The van der Waals surface area contributed by atoms with Crippen LogP contribution in [0.25, 0.3) is 17.3 Å². The maximum atomic E-state index is 13.7. The van der Waals surface area contributed by atoms with E-state index in [2.05, 4.69) is 20.9 Å². The lowest BCUT2D eigenvalue weighted by molar-refractivity contribution is -0.384. The number of carbonyl (C=O) groups excluding carboxylic acids is 3. The Morgan fingerprint density at radius 1 is 0.827 bits per heavy atom. The van der Waals surface area contributed by atoms with Gasteiger partial charge in [0.1, 0.15) is 16.8 Å². The van der Waals surface area contributed by atoms with Crippen molar-refractivity contribution in [3.05, 3.63) is 177 Å². The normalized spacial score (nSPS) is 11.7. The third-order valence-electron chi connectivity index (χ3n) is 7.50. The van der Waals surface area contributed by atoms with Gasteiger partial charge in [-0.3, -0.25) is 24.5 Å². The molecule has 0 aliphatic rings. The van der Waals surface area contributed by atoms with E-state index in [4.69, 9.17) is 0 Å². The van der Waals surface area contributed by atoms with Crippen LogP contribution in [-0.2, 0) is 9.59 Å². The van der Waals surface area contributed by atoms with Crippen molar-refractivity contribution in [3.63, 3.8) is 0 Å². The van der Waals surface area contributed by atoms with Crippen molar-refractivity contribution in [3.8, 4) is 11.3 Å². The summed E-state index contributed by atoms with van der Waals surface area (Å²) < 4.78 is 13.4. The van der Waals surface area contributed by atoms with Gasteiger partial charge in [0.2, 0.25) is 5.91 Å². The van der Waals surface area contributed by atoms with Gasteiger partial charge in [0.25, 0.3) is 17.5 Å². The van der Waals surface area contributed by atoms with Crippen LogP contribution >= 0.6 is 23.1 Å². The number of rotatable bonds is 12. The molecule has 6 aromatic rings. The quantitative estimate of drug-likeness (QED) is 0.0495. The summed E-state index contributed by atoms with van der Waals surface area (Å²) in [7, 11) is 0. The van der Waals surface area contributed by atoms with Crippen LogP contribution in [0.3, 0.4) is 0 Å². The topological polar surface area (TPSA) is 143 Å². The molecule has 13 heteroatoms. The standard InChI is InChI=1S/C39H28FN5O5S2/c40-29-18-16-26(17-19-29)34-24-51-39(43-34)44-38(48)35(27-8-3-1-4-9-27)52-32-13-7-12-30(23-32)41-37(47)33(42-36(46)28-10-5-2-6-11-28)22-25-14-20-31(21-15-25)45(49)50/h1-24,35H,(H,41,47)(H,42,46)(H,43,44,48)/b33-22+. The number of anilines is 2. The first-order valence-corrected chi connectivity index (χ1v) is 17.5. The number of nitrogens with zero attached hydrogens (tertiary/aromatic N) is 2. The van der Waals surface area contributed by atoms with E-state index in [1.165, 1.54) is 65.6 Å². The molecular weight excluding hydrogens is 702 g/mol. The smallest absolute Gasteiger partial charge is 0.272 e. The Morgan fingerprint density at radius 3 is 2.21 bits per heavy atom. The molecule has 0 aliphatic heterocycles. The van der Waals surface area contributed by atoms with Crippen molar-refractivity contribution < 1.29 is 23.7 Å². The van der Waals surface area contributed by atoms with Gasteiger partial charge in [-0.15, -0.1) is 23.1 Å². The zero-order valence-electron chi connectivity index (χ0n) is 27.1. The number of thiazole rings is 1. The maximum Gasteiger partial charge on any atom is 0.272 e. The predicted octanol–water partition coefficient (Wildman–Crippen LogP) is 8.74. The minimum atomic E-state index is -0.701. The highest BCUT2D eigenvalue weighted by atomic mass is 32.2. The number of hydrogen-bond donors (Lipinski definition) is 3. The molecule has 3 amide bonds. The lowest BCUT2D eigenvalue weighted by Crippen LogP contribution is -2.30. The molecule has 1 atom stereocenters. The van der Waals surface area contributed by atoms with Crippen LogP contribution in [0.1, 0.15) is 26.7 Å². The number of hydrogen-bond acceptors (Lipinski definition) is 8. The van der Waals surface area contributed by atoms with Crippen molar-refractivity contribution in [2.24, 2.45) is 0 Å². The second-order valence-electron chi connectivity index (χ2n) is 11.2. The molecule has 0 aliphatic carbocycles. The van der Waals surface area contributed by atoms with E-state index in [0.717, 1.165) is 11.1 Å². The molecule has 3 N–H and O–H groups in total. The number of aromatic nitrogens is 1. The summed E-state index contributed by atoms with van der Waals surface area (Å²) in [4.78, 5) is 56.2. The summed E-state index contributed by atoms with van der Waals surface area (Å²) in [5.74, 6) is -1.83. The number of thioether (sulfide) groups is 1. The number of non-ortho nitro benzene ring substituents is 1. The molecule has 52 heavy (non-hydrogen) atoms. The second kappa shape index (κ2) is 16.5. The van der Waals surface area contributed by atoms with Gasteiger partial charge in [-0.1, -0.05) is 54.6 Å². The van der Waals surface area contributed by atoms with Gasteiger partial charge in [-0.05, 0) is 83.9 Å². The number of amides is 3. The Balaban J connectivity index is 1.21. The number of carbonyl (C=O) groups is 3. The third-order valence-corrected chi connectivity index (χ3v) is 9.51. The van der Waals surface area contributed by atoms with E-state index in [1.807, 2.05) is 36.4 Å². The largest absolute Gasteiger partial charge is 0.321 e. The molecule has 1 unspecified atom stereocenters. The molecule has 0 spiro atoms. The Morgan fingerprint density at radius 2 is 1.52 bits per heavy atom. The minimum Gasteiger partial charge on any atom is -0.321 e. The Hall–Kier alpha value is -6.44. The van der Waals surface area contributed by atoms with Crippen LogP contribution < -0.4 is 16.0 Å². The Bertz CT molecular complexity index is 2250. The third kappa shape index (κ3) is 9.21. The highest BCUT2D eigenvalue weighted by Crippen LogP contribution is 2.38. The fourth-order valence-electron chi connectivity index (χ4n) is 4.94. The second-order valence-corrected chi connectivity index (χ2v) is 13.2. The number of nitrogens with one attached hydrogen (secondary N) is 3. The number of nitro benzene ring substituents is 1. The van der Waals surface area contributed by atoms with E-state index in [9.17, 15) is 28.9 Å². The average molecular weight is 730 g/mol. The predicted molar refractivity (Wildman–Crippen MR) is 201 cm³/mol. The van der Waals surface area contributed by atoms with Crippen molar-refractivity contribution in [2.45, 2.75) is 10.1 Å². The van der Waals surface area contributed by atoms with Gasteiger partial charge < -0.3 is 16.0 Å². The van der Waals surface area contributed by atoms with Gasteiger partial charge in [0.15, 0.2) is 5.13 Å². The van der Waals surface area contributed by atoms with Gasteiger partial charge in [0.05, 0.1) is 10.6 Å². The molecule has 5 aromatic carbocycles. The van der Waals surface area contributed by atoms with Crippen molar-refractivity contribution in [1.29, 1.82) is 0 Å². The van der Waals surface area contributed by atoms with Crippen molar-refractivity contribution in [2.75, 3.05) is 10.6 Å². The molecular formula is C39H28FN5O5S2. The highest BCUT2D eigenvalue weighted by Gasteiger charge is 2.24. The number of halogens is 1. The van der Waals surface area contributed by atoms with Crippen LogP contribution in [-0.4, -0.2) is 27.6 Å². The average Bonchev–Trinajstić information content (AvgIpc) is 3.63. The van der Waals surface area contributed by atoms with E-state index in [1.54, 1.807) is 66.0 Å². The van der Waals surface area contributed by atoms with Crippen LogP contribution in [0, 0.1) is 15.9 Å².